The molecule has 0 aliphatic rings. The van der Waals surface area contributed by atoms with Crippen molar-refractivity contribution < 1.29 is 0 Å². The maximum absolute atomic E-state index is 5.06. The molecule has 0 atom stereocenters. The molecule has 4 heterocycles. The van der Waals surface area contributed by atoms with Crippen LogP contribution in [0.3, 0.4) is 0 Å². The van der Waals surface area contributed by atoms with Gasteiger partial charge < -0.3 is 0 Å². The van der Waals surface area contributed by atoms with Gasteiger partial charge in [0.05, 0.1) is 32.6 Å². The summed E-state index contributed by atoms with van der Waals surface area (Å²) >= 11 is 1.71. The highest BCUT2D eigenvalue weighted by molar-refractivity contribution is 7.23. The molecule has 0 unspecified atom stereocenters. The highest BCUT2D eigenvalue weighted by atomic mass is 32.1. The summed E-state index contributed by atoms with van der Waals surface area (Å²) in [6.45, 7) is 0. The Labute approximate surface area is 372 Å². The van der Waals surface area contributed by atoms with Crippen LogP contribution < -0.4 is 0 Å². The first kappa shape index (κ1) is 37.3. The van der Waals surface area contributed by atoms with Gasteiger partial charge in [-0.1, -0.05) is 193 Å². The van der Waals surface area contributed by atoms with Gasteiger partial charge in [0.1, 0.15) is 0 Å². The molecule has 12 rings (SSSR count). The van der Waals surface area contributed by atoms with Crippen molar-refractivity contribution in [2.45, 2.75) is 0 Å². The number of fused-ring (bicyclic) bond motifs is 5. The lowest BCUT2D eigenvalue weighted by Crippen LogP contribution is -2.00. The zero-order valence-electron chi connectivity index (χ0n) is 34.2. The van der Waals surface area contributed by atoms with Crippen LogP contribution >= 0.6 is 11.3 Å². The molecule has 4 aromatic heterocycles. The second kappa shape index (κ2) is 15.8. The van der Waals surface area contributed by atoms with Crippen LogP contribution in [-0.4, -0.2) is 34.3 Å². The van der Waals surface area contributed by atoms with E-state index in [0.717, 1.165) is 88.5 Å². The Morgan fingerprint density at radius 1 is 0.281 bits per heavy atom. The minimum atomic E-state index is 0.630. The van der Waals surface area contributed by atoms with Crippen molar-refractivity contribution >= 4 is 37.5 Å². The summed E-state index contributed by atoms with van der Waals surface area (Å²) < 4.78 is 3.48. The third kappa shape index (κ3) is 6.98. The Morgan fingerprint density at radius 3 is 1.17 bits per heavy atom. The summed E-state index contributed by atoms with van der Waals surface area (Å²) in [5.74, 6) is 2.62. The van der Waals surface area contributed by atoms with Gasteiger partial charge in [0.15, 0.2) is 28.3 Å². The molecule has 0 saturated heterocycles. The lowest BCUT2D eigenvalue weighted by Gasteiger charge is -2.10. The molecule has 8 heteroatoms. The normalized spacial score (nSPS) is 11.4. The average Bonchev–Trinajstić information content (AvgIpc) is 3.93. The Balaban J connectivity index is 0.872. The molecule has 0 spiro atoms. The van der Waals surface area contributed by atoms with Crippen LogP contribution in [0, 0.1) is 0 Å². The number of nitrogens with zero attached hydrogens (tertiary/aromatic N) is 7. The third-order valence-corrected chi connectivity index (χ3v) is 12.6. The molecule has 0 radical (unpaired) electrons. The molecule has 0 aliphatic carbocycles. The second-order valence-electron chi connectivity index (χ2n) is 15.6. The molecular weight excluding hydrogens is 803 g/mol. The Kier molecular flexibility index (Phi) is 9.20. The summed E-state index contributed by atoms with van der Waals surface area (Å²) in [7, 11) is 0. The molecule has 0 amide bonds. The largest absolute Gasteiger partial charge is 0.283 e. The minimum absolute atomic E-state index is 0.630. The molecule has 0 bridgehead atoms. The molecule has 64 heavy (non-hydrogen) atoms. The van der Waals surface area contributed by atoms with Crippen molar-refractivity contribution in [1.29, 1.82) is 0 Å². The van der Waals surface area contributed by atoms with E-state index in [4.69, 9.17) is 29.9 Å². The summed E-state index contributed by atoms with van der Waals surface area (Å²) in [5.41, 5.74) is 15.3. The number of imidazole rings is 1. The van der Waals surface area contributed by atoms with Crippen molar-refractivity contribution in [1.82, 2.24) is 34.3 Å². The van der Waals surface area contributed by atoms with E-state index < -0.39 is 0 Å². The Bertz CT molecular complexity index is 3270. The Morgan fingerprint density at radius 2 is 0.656 bits per heavy atom. The number of aromatic nitrogens is 7. The number of hydrogen-bond donors (Lipinski definition) is 0. The van der Waals surface area contributed by atoms with Gasteiger partial charge in [-0.2, -0.15) is 0 Å². The van der Waals surface area contributed by atoms with Crippen molar-refractivity contribution in [2.24, 2.45) is 0 Å². The number of rotatable bonds is 8. The number of benzene rings is 8. The molecule has 12 aromatic rings. The van der Waals surface area contributed by atoms with Crippen LogP contribution in [0.25, 0.3) is 117 Å². The van der Waals surface area contributed by atoms with E-state index >= 15 is 0 Å². The minimum Gasteiger partial charge on any atom is -0.283 e. The molecule has 300 valence electrons. The molecule has 8 aromatic carbocycles. The molecule has 7 nitrogen and oxygen atoms in total. The fourth-order valence-corrected chi connectivity index (χ4v) is 9.26. The van der Waals surface area contributed by atoms with E-state index in [-0.39, 0.29) is 0 Å². The van der Waals surface area contributed by atoms with Crippen LogP contribution in [0.2, 0.25) is 0 Å². The fourth-order valence-electron chi connectivity index (χ4n) is 8.24. The quantitative estimate of drug-likeness (QED) is 0.152. The average molecular weight is 838 g/mol. The van der Waals surface area contributed by atoms with Gasteiger partial charge in [-0.05, 0) is 52.6 Å². The van der Waals surface area contributed by atoms with Crippen molar-refractivity contribution in [2.75, 3.05) is 0 Å². The Hall–Kier alpha value is -8.46. The topological polar surface area (TPSA) is 81.8 Å². The smallest absolute Gasteiger partial charge is 0.195 e. The van der Waals surface area contributed by atoms with Gasteiger partial charge in [0, 0.05) is 33.4 Å². The SMILES string of the molecule is c1ccc(-c2cc(-c3ccc(-c4ccc5sc6nc7ccc(-c8ccc(-c9nc(-c%10ccccc%10)nc(-c%10ccccc%10)n9)cc8)cc7n6c5c4)cc3)nc(-c3ccccc3)n2)cc1. The predicted molar refractivity (Wildman–Crippen MR) is 261 cm³/mol. The number of hydrogen-bond acceptors (Lipinski definition) is 7. The maximum atomic E-state index is 5.06. The lowest BCUT2D eigenvalue weighted by molar-refractivity contribution is 1.07. The fraction of sp³-hybridized carbons (Fsp3) is 0. The van der Waals surface area contributed by atoms with Crippen LogP contribution in [-0.2, 0) is 0 Å². The highest BCUT2D eigenvalue weighted by Gasteiger charge is 2.16. The summed E-state index contributed by atoms with van der Waals surface area (Å²) in [6.07, 6.45) is 0. The highest BCUT2D eigenvalue weighted by Crippen LogP contribution is 2.36. The van der Waals surface area contributed by atoms with Gasteiger partial charge in [-0.25, -0.2) is 29.9 Å². The van der Waals surface area contributed by atoms with Crippen LogP contribution in [0.5, 0.6) is 0 Å². The maximum Gasteiger partial charge on any atom is 0.195 e. The van der Waals surface area contributed by atoms with E-state index in [1.165, 1.54) is 4.70 Å². The number of thiazole rings is 1. The van der Waals surface area contributed by atoms with E-state index in [0.29, 0.717) is 23.3 Å². The third-order valence-electron chi connectivity index (χ3n) is 11.5. The monoisotopic (exact) mass is 837 g/mol. The molecule has 0 N–H and O–H groups in total. The van der Waals surface area contributed by atoms with Gasteiger partial charge in [-0.15, -0.1) is 0 Å². The van der Waals surface area contributed by atoms with E-state index in [1.54, 1.807) is 11.3 Å². The standard InChI is InChI=1S/C56H35N7S/c1-5-13-38(14-6-1)47-35-48(58-52(57-47)40-15-7-2-8-16-40)39-25-21-36(22-26-39)45-30-32-51-50(34-45)63-49-33-44(29-31-46(49)59-56(63)64-51)37-23-27-43(28-24-37)55-61-53(41-17-9-3-10-18-41)60-54(62-55)42-19-11-4-12-20-42/h1-35H. The van der Waals surface area contributed by atoms with Gasteiger partial charge >= 0.3 is 0 Å². The zero-order valence-corrected chi connectivity index (χ0v) is 35.1. The van der Waals surface area contributed by atoms with Gasteiger partial charge in [0.25, 0.3) is 0 Å². The first-order chi connectivity index (χ1) is 31.7. The van der Waals surface area contributed by atoms with Gasteiger partial charge in [0.2, 0.25) is 0 Å². The molecule has 0 aliphatic heterocycles. The van der Waals surface area contributed by atoms with Crippen molar-refractivity contribution in [3.8, 4) is 90.3 Å². The van der Waals surface area contributed by atoms with Crippen LogP contribution in [0.4, 0.5) is 0 Å². The lowest BCUT2D eigenvalue weighted by atomic mass is 10.0. The van der Waals surface area contributed by atoms with Gasteiger partial charge in [-0.3, -0.25) is 4.40 Å². The second-order valence-corrected chi connectivity index (χ2v) is 16.6. The predicted octanol–water partition coefficient (Wildman–Crippen LogP) is 14.0. The van der Waals surface area contributed by atoms with Crippen LogP contribution in [0.1, 0.15) is 0 Å². The summed E-state index contributed by atoms with van der Waals surface area (Å²) in [6, 6.07) is 73.0. The van der Waals surface area contributed by atoms with E-state index in [2.05, 4.69) is 120 Å². The molecule has 0 saturated carbocycles. The van der Waals surface area contributed by atoms with Crippen molar-refractivity contribution in [3.63, 3.8) is 0 Å². The zero-order chi connectivity index (χ0) is 42.4. The summed E-state index contributed by atoms with van der Waals surface area (Å²) in [4.78, 5) is 30.7. The van der Waals surface area contributed by atoms with E-state index in [1.807, 2.05) is 97.1 Å². The van der Waals surface area contributed by atoms with Crippen LogP contribution in [0.15, 0.2) is 212 Å². The van der Waals surface area contributed by atoms with E-state index in [9.17, 15) is 0 Å². The molecule has 0 fully saturated rings. The van der Waals surface area contributed by atoms with Crippen molar-refractivity contribution in [3.05, 3.63) is 212 Å². The summed E-state index contributed by atoms with van der Waals surface area (Å²) in [5, 5.41) is 0. The first-order valence-electron chi connectivity index (χ1n) is 21.1. The first-order valence-corrected chi connectivity index (χ1v) is 21.9. The molecular formula is C56H35N7S.